The Morgan fingerprint density at radius 1 is 1.37 bits per heavy atom. The molecule has 164 valence electrons. The summed E-state index contributed by atoms with van der Waals surface area (Å²) in [6.07, 6.45) is -3.89. The van der Waals surface area contributed by atoms with Gasteiger partial charge in [0, 0.05) is 37.6 Å². The van der Waals surface area contributed by atoms with Crippen molar-refractivity contribution in [1.29, 1.82) is 0 Å². The van der Waals surface area contributed by atoms with E-state index in [2.05, 4.69) is 20.9 Å². The average Bonchev–Trinajstić information content (AvgIpc) is 3.30. The predicted octanol–water partition coefficient (Wildman–Crippen LogP) is 2.37. The second kappa shape index (κ2) is 8.76. The van der Waals surface area contributed by atoms with E-state index in [0.29, 0.717) is 19.5 Å². The topological polar surface area (TPSA) is 86.4 Å². The molecule has 3 N–H and O–H groups in total. The molecule has 2 amide bonds. The van der Waals surface area contributed by atoms with Crippen molar-refractivity contribution in [2.24, 2.45) is 0 Å². The predicted molar refractivity (Wildman–Crippen MR) is 110 cm³/mol. The van der Waals surface area contributed by atoms with E-state index in [1.165, 1.54) is 12.4 Å². The third-order valence-electron chi connectivity index (χ3n) is 4.80. The summed E-state index contributed by atoms with van der Waals surface area (Å²) in [4.78, 5) is 30.0. The maximum absolute atomic E-state index is 13.7. The number of alkyl halides is 3. The number of halogens is 3. The van der Waals surface area contributed by atoms with E-state index in [0.717, 1.165) is 17.4 Å². The molecular weight excluding hydrogens is 419 g/mol. The first kappa shape index (κ1) is 22.3. The number of carbonyl (C=O) groups is 2. The van der Waals surface area contributed by atoms with Gasteiger partial charge in [-0.1, -0.05) is 0 Å². The molecule has 2 aromatic heterocycles. The number of hydrogen-bond acceptors (Lipinski definition) is 6. The summed E-state index contributed by atoms with van der Waals surface area (Å²) in [5.41, 5.74) is -0.614. The summed E-state index contributed by atoms with van der Waals surface area (Å²) in [7, 11) is 1.42. The van der Waals surface area contributed by atoms with Crippen LogP contribution in [0.1, 0.15) is 36.2 Å². The molecule has 0 bridgehead atoms. The van der Waals surface area contributed by atoms with Gasteiger partial charge < -0.3 is 20.9 Å². The third kappa shape index (κ3) is 4.84. The van der Waals surface area contributed by atoms with Crippen LogP contribution in [-0.4, -0.2) is 55.6 Å². The number of pyridine rings is 1. The second-order valence-electron chi connectivity index (χ2n) is 7.47. The first-order valence-electron chi connectivity index (χ1n) is 9.59. The van der Waals surface area contributed by atoms with E-state index in [-0.39, 0.29) is 46.1 Å². The molecular formula is C19H24F3N5O2S. The van der Waals surface area contributed by atoms with Gasteiger partial charge in [-0.3, -0.25) is 9.59 Å². The Morgan fingerprint density at radius 2 is 2.10 bits per heavy atom. The largest absolute Gasteiger partial charge is 0.417 e. The Balaban J connectivity index is 1.84. The van der Waals surface area contributed by atoms with Crippen molar-refractivity contribution in [3.63, 3.8) is 0 Å². The molecule has 30 heavy (non-hydrogen) atoms. The fourth-order valence-electron chi connectivity index (χ4n) is 3.41. The molecule has 0 saturated carbocycles. The highest BCUT2D eigenvalue weighted by atomic mass is 32.1. The molecule has 11 heteroatoms. The Morgan fingerprint density at radius 3 is 2.73 bits per heavy atom. The van der Waals surface area contributed by atoms with Gasteiger partial charge in [0.15, 0.2) is 0 Å². The van der Waals surface area contributed by atoms with E-state index >= 15 is 0 Å². The molecule has 1 unspecified atom stereocenters. The molecule has 0 aromatic carbocycles. The lowest BCUT2D eigenvalue weighted by atomic mass is 10.1. The summed E-state index contributed by atoms with van der Waals surface area (Å²) in [5, 5.41) is 9.76. The summed E-state index contributed by atoms with van der Waals surface area (Å²) in [6, 6.07) is 1.03. The van der Waals surface area contributed by atoms with Gasteiger partial charge in [0.1, 0.15) is 5.82 Å². The molecule has 1 aliphatic heterocycles. The summed E-state index contributed by atoms with van der Waals surface area (Å²) in [6.45, 7) is 4.80. The Labute approximate surface area is 176 Å². The zero-order valence-corrected chi connectivity index (χ0v) is 17.7. The van der Waals surface area contributed by atoms with Crippen LogP contribution in [-0.2, 0) is 11.0 Å². The zero-order valence-electron chi connectivity index (χ0n) is 16.9. The highest BCUT2D eigenvalue weighted by Crippen LogP contribution is 2.40. The summed E-state index contributed by atoms with van der Waals surface area (Å²) in [5.74, 6) is -0.429. The highest BCUT2D eigenvalue weighted by Gasteiger charge is 2.36. The van der Waals surface area contributed by atoms with Gasteiger partial charge >= 0.3 is 6.18 Å². The number of amides is 2. The number of nitrogens with zero attached hydrogens (tertiary/aromatic N) is 2. The van der Waals surface area contributed by atoms with Gasteiger partial charge in [0.05, 0.1) is 27.9 Å². The van der Waals surface area contributed by atoms with E-state index in [4.69, 9.17) is 0 Å². The molecule has 1 saturated heterocycles. The highest BCUT2D eigenvalue weighted by molar-refractivity contribution is 7.17. The quantitative estimate of drug-likeness (QED) is 0.638. The average molecular weight is 443 g/mol. The third-order valence-corrected chi connectivity index (χ3v) is 5.80. The van der Waals surface area contributed by atoms with Crippen molar-refractivity contribution in [1.82, 2.24) is 20.9 Å². The van der Waals surface area contributed by atoms with Gasteiger partial charge in [-0.2, -0.15) is 13.2 Å². The number of hydrogen-bond donors (Lipinski definition) is 3. The molecule has 3 heterocycles. The summed E-state index contributed by atoms with van der Waals surface area (Å²) >= 11 is 0.860. The molecule has 1 aliphatic rings. The molecule has 0 radical (unpaired) electrons. The van der Waals surface area contributed by atoms with Crippen LogP contribution >= 0.6 is 11.3 Å². The van der Waals surface area contributed by atoms with E-state index in [9.17, 15) is 22.8 Å². The zero-order chi connectivity index (χ0) is 22.1. The maximum atomic E-state index is 13.7. The smallest absolute Gasteiger partial charge is 0.355 e. The number of carbonyl (C=O) groups excluding carboxylic acids is 2. The van der Waals surface area contributed by atoms with Crippen LogP contribution < -0.4 is 20.9 Å². The normalized spacial score (nSPS) is 17.0. The fraction of sp³-hybridized carbons (Fsp3) is 0.526. The first-order chi connectivity index (χ1) is 14.1. The minimum Gasteiger partial charge on any atom is -0.355 e. The lowest BCUT2D eigenvalue weighted by molar-refractivity contribution is -0.136. The Hall–Kier alpha value is -2.40. The minimum absolute atomic E-state index is 0.0382. The number of rotatable bonds is 6. The maximum Gasteiger partial charge on any atom is 0.417 e. The Bertz CT molecular complexity index is 944. The Kier molecular flexibility index (Phi) is 6.51. The molecule has 2 aromatic rings. The van der Waals surface area contributed by atoms with E-state index in [1.807, 2.05) is 13.8 Å². The molecule has 1 atom stereocenters. The van der Waals surface area contributed by atoms with Crippen LogP contribution in [0.5, 0.6) is 0 Å². The van der Waals surface area contributed by atoms with Crippen LogP contribution in [0.15, 0.2) is 11.4 Å². The van der Waals surface area contributed by atoms with E-state index < -0.39 is 17.6 Å². The lowest BCUT2D eigenvalue weighted by Gasteiger charge is -2.20. The number of fused-ring (bicyclic) bond motifs is 1. The molecule has 3 rings (SSSR count). The van der Waals surface area contributed by atoms with Crippen LogP contribution in [0.3, 0.4) is 0 Å². The minimum atomic E-state index is -4.56. The van der Waals surface area contributed by atoms with Crippen molar-refractivity contribution >= 4 is 39.2 Å². The number of nitrogens with one attached hydrogen (secondary N) is 3. The second-order valence-corrected chi connectivity index (χ2v) is 8.35. The standard InChI is InChI=1S/C19H24F3N5O2S/c1-10(2)25-15(28)7-24-11-4-5-27(8-11)14-6-13(19(20,21)22)17-16(26-14)12(9-30-17)18(29)23-3/h6,9-11,24H,4-5,7-8H2,1-3H3,(H,23,29)(H,25,28). The van der Waals surface area contributed by atoms with Crippen molar-refractivity contribution in [2.45, 2.75) is 38.5 Å². The molecule has 0 spiro atoms. The van der Waals surface area contributed by atoms with E-state index in [1.54, 1.807) is 4.90 Å². The molecule has 7 nitrogen and oxygen atoms in total. The summed E-state index contributed by atoms with van der Waals surface area (Å²) < 4.78 is 41.0. The van der Waals surface area contributed by atoms with Crippen LogP contribution in [0, 0.1) is 0 Å². The van der Waals surface area contributed by atoms with Crippen molar-refractivity contribution in [3.05, 3.63) is 22.6 Å². The fourth-order valence-corrected chi connectivity index (χ4v) is 4.43. The number of thiophene rings is 1. The lowest BCUT2D eigenvalue weighted by Crippen LogP contribution is -2.42. The van der Waals surface area contributed by atoms with Crippen molar-refractivity contribution in [2.75, 3.05) is 31.6 Å². The first-order valence-corrected chi connectivity index (χ1v) is 10.5. The SMILES string of the molecule is CNC(=O)c1csc2c(C(F)(F)F)cc(N3CCC(NCC(=O)NC(C)C)C3)nc12. The van der Waals surface area contributed by atoms with Gasteiger partial charge in [-0.25, -0.2) is 4.98 Å². The van der Waals surface area contributed by atoms with Crippen LogP contribution in [0.2, 0.25) is 0 Å². The van der Waals surface area contributed by atoms with Crippen molar-refractivity contribution < 1.29 is 22.8 Å². The van der Waals surface area contributed by atoms with Crippen molar-refractivity contribution in [3.8, 4) is 0 Å². The van der Waals surface area contributed by atoms with Crippen LogP contribution in [0.4, 0.5) is 19.0 Å². The van der Waals surface area contributed by atoms with Crippen LogP contribution in [0.25, 0.3) is 10.2 Å². The van der Waals surface area contributed by atoms with Gasteiger partial charge in [0.2, 0.25) is 5.91 Å². The van der Waals surface area contributed by atoms with Gasteiger partial charge in [-0.15, -0.1) is 11.3 Å². The van der Waals surface area contributed by atoms with Gasteiger partial charge in [0.25, 0.3) is 5.91 Å². The number of anilines is 1. The monoisotopic (exact) mass is 443 g/mol. The number of aromatic nitrogens is 1. The molecule has 1 fully saturated rings. The molecule has 0 aliphatic carbocycles. The van der Waals surface area contributed by atoms with Gasteiger partial charge in [-0.05, 0) is 26.3 Å².